The van der Waals surface area contributed by atoms with Gasteiger partial charge < -0.3 is 26.2 Å². The third-order valence-electron chi connectivity index (χ3n) is 7.34. The number of hydrogen-bond acceptors (Lipinski definition) is 8. The van der Waals surface area contributed by atoms with Gasteiger partial charge >= 0.3 is 0 Å². The molecule has 5 rings (SSSR count). The van der Waals surface area contributed by atoms with Gasteiger partial charge in [-0.15, -0.1) is 0 Å². The van der Waals surface area contributed by atoms with Crippen molar-refractivity contribution in [2.45, 2.75) is 31.3 Å². The fourth-order valence-corrected chi connectivity index (χ4v) is 5.72. The van der Waals surface area contributed by atoms with Crippen molar-refractivity contribution in [1.82, 2.24) is 29.5 Å². The molecule has 2 bridgehead atoms. The molecule has 2 aromatic rings. The Morgan fingerprint density at radius 1 is 1.19 bits per heavy atom. The summed E-state index contributed by atoms with van der Waals surface area (Å²) in [6.07, 6.45) is 12.0. The van der Waals surface area contributed by atoms with Gasteiger partial charge in [0.05, 0.1) is 36.6 Å². The van der Waals surface area contributed by atoms with E-state index in [0.717, 1.165) is 38.0 Å². The Bertz CT molecular complexity index is 1160. The number of fused-ring (bicyclic) bond motifs is 2. The van der Waals surface area contributed by atoms with Crippen molar-refractivity contribution in [3.05, 3.63) is 35.8 Å². The van der Waals surface area contributed by atoms with E-state index in [-0.39, 0.29) is 41.7 Å². The normalized spacial score (nSPS) is 25.5. The smallest absolute Gasteiger partial charge is 0.236 e. The molecule has 192 valence electrons. The highest BCUT2D eigenvalue weighted by Gasteiger charge is 2.47. The van der Waals surface area contributed by atoms with Crippen molar-refractivity contribution in [2.75, 3.05) is 44.4 Å². The number of rotatable bonds is 8. The summed E-state index contributed by atoms with van der Waals surface area (Å²) in [7, 11) is 3.81. The molecule has 1 saturated carbocycles. The molecule has 36 heavy (non-hydrogen) atoms. The van der Waals surface area contributed by atoms with E-state index in [1.165, 1.54) is 6.20 Å². The van der Waals surface area contributed by atoms with E-state index in [9.17, 15) is 9.59 Å². The summed E-state index contributed by atoms with van der Waals surface area (Å²) in [4.78, 5) is 37.0. The molecule has 2 aliphatic carbocycles. The number of carbonyl (C=O) groups is 2. The third-order valence-corrected chi connectivity index (χ3v) is 7.61. The molecule has 0 spiro atoms. The van der Waals surface area contributed by atoms with E-state index in [1.54, 1.807) is 6.20 Å². The molecule has 0 aromatic carbocycles. The molecule has 3 heterocycles. The van der Waals surface area contributed by atoms with Gasteiger partial charge in [0.2, 0.25) is 17.8 Å². The first kappa shape index (κ1) is 24.5. The highest BCUT2D eigenvalue weighted by Crippen LogP contribution is 2.45. The Balaban J connectivity index is 1.21. The number of hydrogen-bond donors (Lipinski definition) is 3. The van der Waals surface area contributed by atoms with Crippen molar-refractivity contribution in [3.8, 4) is 0 Å². The largest absolute Gasteiger partial charge is 0.369 e. The summed E-state index contributed by atoms with van der Waals surface area (Å²) in [5.74, 6) is 0.783. The van der Waals surface area contributed by atoms with Crippen molar-refractivity contribution in [1.29, 1.82) is 0 Å². The van der Waals surface area contributed by atoms with Gasteiger partial charge in [-0.1, -0.05) is 23.8 Å². The molecule has 4 N–H and O–H groups in total. The number of halogens is 1. The molecule has 12 heteroatoms. The SMILES string of the molecule is CN(C)CC(=O)N1CCC(n2cc(Nc3ncc(Cl)c(N[C@H]4[C@@H](C(N)=O)[C@@H]5C=C[C@H]4C5)n3)cn2)CC1. The zero-order valence-electron chi connectivity index (χ0n) is 20.5. The number of primary amides is 1. The van der Waals surface area contributed by atoms with Crippen LogP contribution in [0.25, 0.3) is 0 Å². The molecule has 0 radical (unpaired) electrons. The van der Waals surface area contributed by atoms with Crippen molar-refractivity contribution in [3.63, 3.8) is 0 Å². The van der Waals surface area contributed by atoms with Crippen LogP contribution in [0.1, 0.15) is 25.3 Å². The molecular weight excluding hydrogens is 482 g/mol. The Morgan fingerprint density at radius 3 is 2.67 bits per heavy atom. The second kappa shape index (κ2) is 10.1. The van der Waals surface area contributed by atoms with Gasteiger partial charge in [-0.05, 0) is 45.2 Å². The summed E-state index contributed by atoms with van der Waals surface area (Å²) >= 11 is 6.38. The van der Waals surface area contributed by atoms with Crippen LogP contribution < -0.4 is 16.4 Å². The second-order valence-corrected chi connectivity index (χ2v) is 10.5. The summed E-state index contributed by atoms with van der Waals surface area (Å²) in [6, 6.07) is 0.0832. The lowest BCUT2D eigenvalue weighted by Crippen LogP contribution is -2.43. The van der Waals surface area contributed by atoms with Gasteiger partial charge in [-0.25, -0.2) is 4.98 Å². The van der Waals surface area contributed by atoms with E-state index in [0.29, 0.717) is 23.3 Å². The molecule has 4 atom stereocenters. The van der Waals surface area contributed by atoms with Gasteiger partial charge in [0, 0.05) is 25.3 Å². The van der Waals surface area contributed by atoms with Crippen LogP contribution in [0.5, 0.6) is 0 Å². The number of carbonyl (C=O) groups excluding carboxylic acids is 2. The van der Waals surface area contributed by atoms with Crippen LogP contribution in [-0.2, 0) is 9.59 Å². The zero-order valence-corrected chi connectivity index (χ0v) is 21.2. The van der Waals surface area contributed by atoms with Crippen LogP contribution >= 0.6 is 11.6 Å². The van der Waals surface area contributed by atoms with Gasteiger partial charge in [-0.2, -0.15) is 10.1 Å². The van der Waals surface area contributed by atoms with Crippen LogP contribution in [0.2, 0.25) is 5.02 Å². The molecule has 11 nitrogen and oxygen atoms in total. The fourth-order valence-electron chi connectivity index (χ4n) is 5.58. The van der Waals surface area contributed by atoms with Crippen molar-refractivity contribution in [2.24, 2.45) is 23.5 Å². The minimum atomic E-state index is -0.312. The molecule has 2 fully saturated rings. The molecule has 3 aliphatic rings. The van der Waals surface area contributed by atoms with Gasteiger partial charge in [0.15, 0.2) is 5.82 Å². The Morgan fingerprint density at radius 2 is 1.94 bits per heavy atom. The first-order valence-electron chi connectivity index (χ1n) is 12.3. The minimum Gasteiger partial charge on any atom is -0.369 e. The third kappa shape index (κ3) is 5.03. The van der Waals surface area contributed by atoms with E-state index >= 15 is 0 Å². The highest BCUT2D eigenvalue weighted by atomic mass is 35.5. The lowest BCUT2D eigenvalue weighted by molar-refractivity contribution is -0.133. The number of likely N-dealkylation sites (N-methyl/N-ethyl adjacent to an activating group) is 1. The molecule has 1 saturated heterocycles. The Labute approximate surface area is 215 Å². The first-order valence-corrected chi connectivity index (χ1v) is 12.7. The van der Waals surface area contributed by atoms with Gasteiger partial charge in [-0.3, -0.25) is 14.3 Å². The molecule has 2 amide bonds. The number of nitrogens with one attached hydrogen (secondary N) is 2. The average Bonchev–Trinajstić information content (AvgIpc) is 3.57. The number of allylic oxidation sites excluding steroid dienone is 1. The number of anilines is 3. The highest BCUT2D eigenvalue weighted by molar-refractivity contribution is 6.32. The zero-order chi connectivity index (χ0) is 25.4. The van der Waals surface area contributed by atoms with Crippen LogP contribution in [0.15, 0.2) is 30.7 Å². The number of amides is 2. The molecule has 1 aliphatic heterocycles. The monoisotopic (exact) mass is 513 g/mol. The number of piperidine rings is 1. The van der Waals surface area contributed by atoms with Crippen LogP contribution in [0, 0.1) is 17.8 Å². The van der Waals surface area contributed by atoms with E-state index < -0.39 is 0 Å². The lowest BCUT2D eigenvalue weighted by Gasteiger charge is -2.32. The summed E-state index contributed by atoms with van der Waals surface area (Å²) in [6.45, 7) is 1.87. The van der Waals surface area contributed by atoms with E-state index in [2.05, 4.69) is 37.9 Å². The van der Waals surface area contributed by atoms with Crippen LogP contribution in [-0.4, -0.2) is 81.1 Å². The lowest BCUT2D eigenvalue weighted by atomic mass is 9.88. The number of nitrogens with two attached hydrogens (primary N) is 1. The number of nitrogens with zero attached hydrogens (tertiary/aromatic N) is 6. The van der Waals surface area contributed by atoms with E-state index in [1.807, 2.05) is 34.8 Å². The molecule has 0 unspecified atom stereocenters. The van der Waals surface area contributed by atoms with Gasteiger partial charge in [0.1, 0.15) is 5.02 Å². The predicted molar refractivity (Wildman–Crippen MR) is 137 cm³/mol. The van der Waals surface area contributed by atoms with Crippen LogP contribution in [0.4, 0.5) is 17.5 Å². The summed E-state index contributed by atoms with van der Waals surface area (Å²) in [5, 5.41) is 11.4. The molecular formula is C24H32ClN9O2. The number of aromatic nitrogens is 4. The van der Waals surface area contributed by atoms with Crippen molar-refractivity contribution < 1.29 is 9.59 Å². The minimum absolute atomic E-state index is 0.143. The molecule has 2 aromatic heterocycles. The quantitative estimate of drug-likeness (QED) is 0.455. The summed E-state index contributed by atoms with van der Waals surface area (Å²) in [5.41, 5.74) is 6.44. The fraction of sp³-hybridized carbons (Fsp3) is 0.542. The first-order chi connectivity index (χ1) is 17.3. The average molecular weight is 514 g/mol. The predicted octanol–water partition coefficient (Wildman–Crippen LogP) is 1.88. The number of likely N-dealkylation sites (tertiary alicyclic amines) is 1. The van der Waals surface area contributed by atoms with Crippen LogP contribution in [0.3, 0.4) is 0 Å². The maximum absolute atomic E-state index is 12.3. The standard InChI is InChI=1S/C24H32ClN9O2/c1-32(2)13-19(35)33-7-5-17(6-8-33)34-12-16(10-28-34)29-24-27-11-18(25)23(31-24)30-21-15-4-3-14(9-15)20(21)22(26)36/h3-4,10-12,14-15,17,20-21H,5-9,13H2,1-2H3,(H2,26,36)(H2,27,29,30,31)/t14-,15+,20+,21-/m1/s1. The maximum atomic E-state index is 12.3. The Kier molecular flexibility index (Phi) is 6.85. The topological polar surface area (TPSA) is 134 Å². The van der Waals surface area contributed by atoms with Gasteiger partial charge in [0.25, 0.3) is 0 Å². The summed E-state index contributed by atoms with van der Waals surface area (Å²) < 4.78 is 1.93. The Hall–Kier alpha value is -3.18. The van der Waals surface area contributed by atoms with E-state index in [4.69, 9.17) is 17.3 Å². The second-order valence-electron chi connectivity index (χ2n) is 10.1. The van der Waals surface area contributed by atoms with Crippen molar-refractivity contribution >= 4 is 40.9 Å². The maximum Gasteiger partial charge on any atom is 0.236 e.